The number of aryl methyl sites for hydroxylation is 2. The highest BCUT2D eigenvalue weighted by Gasteiger charge is 2.13. The van der Waals surface area contributed by atoms with Crippen molar-refractivity contribution in [2.24, 2.45) is 5.16 Å². The second kappa shape index (κ2) is 7.71. The minimum absolute atomic E-state index is 0.436. The van der Waals surface area contributed by atoms with Gasteiger partial charge < -0.3 is 4.84 Å². The quantitative estimate of drug-likeness (QED) is 0.290. The van der Waals surface area contributed by atoms with Crippen LogP contribution in [0.15, 0.2) is 40.9 Å². The van der Waals surface area contributed by atoms with Crippen molar-refractivity contribution in [3.05, 3.63) is 46.9 Å². The first-order chi connectivity index (χ1) is 12.1. The molecule has 128 valence electrons. The van der Waals surface area contributed by atoms with Crippen LogP contribution in [0.25, 0.3) is 10.6 Å². The van der Waals surface area contributed by atoms with E-state index >= 15 is 0 Å². The van der Waals surface area contributed by atoms with Crippen molar-refractivity contribution in [1.29, 1.82) is 0 Å². The summed E-state index contributed by atoms with van der Waals surface area (Å²) < 4.78 is 0. The molecule has 0 saturated heterocycles. The van der Waals surface area contributed by atoms with E-state index in [0.29, 0.717) is 11.0 Å². The summed E-state index contributed by atoms with van der Waals surface area (Å²) in [7, 11) is 0. The zero-order valence-corrected chi connectivity index (χ0v) is 16.0. The Morgan fingerprint density at radius 1 is 1.24 bits per heavy atom. The first-order valence-electron chi connectivity index (χ1n) is 7.56. The van der Waals surface area contributed by atoms with Crippen molar-refractivity contribution in [2.45, 2.75) is 25.9 Å². The Kier molecular flexibility index (Phi) is 5.40. The summed E-state index contributed by atoms with van der Waals surface area (Å²) >= 11 is 3.03. The molecule has 6 nitrogen and oxygen atoms in total. The Balaban J connectivity index is 1.83. The van der Waals surface area contributed by atoms with Gasteiger partial charge in [0, 0.05) is 29.7 Å². The van der Waals surface area contributed by atoms with E-state index in [-0.39, 0.29) is 0 Å². The minimum Gasteiger partial charge on any atom is -0.336 e. The molecule has 0 N–H and O–H groups in total. The highest BCUT2D eigenvalue weighted by atomic mass is 32.2. The van der Waals surface area contributed by atoms with Crippen LogP contribution in [-0.2, 0) is 0 Å². The third-order valence-electron chi connectivity index (χ3n) is 3.30. The van der Waals surface area contributed by atoms with Crippen LogP contribution in [0.3, 0.4) is 0 Å². The molecule has 8 heteroatoms. The lowest BCUT2D eigenvalue weighted by molar-refractivity contribution is 0.323. The molecule has 0 amide bonds. The number of thioether (sulfide) groups is 1. The molecule has 0 atom stereocenters. The van der Waals surface area contributed by atoms with Crippen molar-refractivity contribution in [1.82, 2.24) is 19.9 Å². The van der Waals surface area contributed by atoms with Gasteiger partial charge in [0.25, 0.3) is 5.88 Å². The number of hydrogen-bond acceptors (Lipinski definition) is 8. The lowest BCUT2D eigenvalue weighted by Crippen LogP contribution is -1.99. The molecule has 0 bridgehead atoms. The van der Waals surface area contributed by atoms with E-state index in [2.05, 4.69) is 25.1 Å². The monoisotopic (exact) mass is 371 g/mol. The summed E-state index contributed by atoms with van der Waals surface area (Å²) in [6, 6.07) is 5.65. The fourth-order valence-electron chi connectivity index (χ4n) is 2.15. The largest absolute Gasteiger partial charge is 0.336 e. The van der Waals surface area contributed by atoms with E-state index in [1.54, 1.807) is 29.8 Å². The van der Waals surface area contributed by atoms with Crippen LogP contribution in [0.1, 0.15) is 23.2 Å². The highest BCUT2D eigenvalue weighted by Crippen LogP contribution is 2.28. The van der Waals surface area contributed by atoms with Gasteiger partial charge in [0.1, 0.15) is 5.01 Å². The summed E-state index contributed by atoms with van der Waals surface area (Å²) in [5, 5.41) is 5.80. The molecule has 0 aliphatic carbocycles. The van der Waals surface area contributed by atoms with E-state index in [9.17, 15) is 0 Å². The lowest BCUT2D eigenvalue weighted by atomic mass is 10.3. The fourth-order valence-corrected chi connectivity index (χ4v) is 3.56. The van der Waals surface area contributed by atoms with Crippen molar-refractivity contribution < 1.29 is 4.84 Å². The van der Waals surface area contributed by atoms with E-state index < -0.39 is 0 Å². The molecule has 0 spiro atoms. The van der Waals surface area contributed by atoms with Gasteiger partial charge in [0.05, 0.1) is 16.3 Å². The Labute approximate surface area is 154 Å². The Morgan fingerprint density at radius 2 is 2.08 bits per heavy atom. The summed E-state index contributed by atoms with van der Waals surface area (Å²) in [5.74, 6) is 0.436. The maximum absolute atomic E-state index is 5.51. The van der Waals surface area contributed by atoms with Crippen LogP contribution in [0, 0.1) is 13.8 Å². The van der Waals surface area contributed by atoms with Crippen LogP contribution >= 0.6 is 23.1 Å². The SMILES string of the molecule is CSc1nc(C)cc(ON=C(C)c2sc(-c3cccnc3)nc2C)n1. The smallest absolute Gasteiger partial charge is 0.252 e. The molecule has 0 unspecified atom stereocenters. The topological polar surface area (TPSA) is 73.2 Å². The van der Waals surface area contributed by atoms with E-state index in [4.69, 9.17) is 4.84 Å². The number of thiazole rings is 1. The normalized spacial score (nSPS) is 11.6. The third-order valence-corrected chi connectivity index (χ3v) is 5.17. The molecule has 3 aromatic rings. The molecule has 0 aliphatic heterocycles. The van der Waals surface area contributed by atoms with Gasteiger partial charge in [-0.1, -0.05) is 16.9 Å². The second-order valence-corrected chi connectivity index (χ2v) is 7.05. The van der Waals surface area contributed by atoms with E-state index in [1.165, 1.54) is 11.8 Å². The summed E-state index contributed by atoms with van der Waals surface area (Å²) in [6.45, 7) is 5.76. The van der Waals surface area contributed by atoms with Crippen molar-refractivity contribution in [3.8, 4) is 16.5 Å². The molecular weight excluding hydrogens is 354 g/mol. The Morgan fingerprint density at radius 3 is 2.80 bits per heavy atom. The molecule has 0 aromatic carbocycles. The van der Waals surface area contributed by atoms with Gasteiger partial charge in [-0.2, -0.15) is 4.98 Å². The zero-order valence-electron chi connectivity index (χ0n) is 14.3. The summed E-state index contributed by atoms with van der Waals surface area (Å²) in [5.41, 5.74) is 3.51. The van der Waals surface area contributed by atoms with Crippen molar-refractivity contribution >= 4 is 28.8 Å². The van der Waals surface area contributed by atoms with E-state index in [1.807, 2.05) is 39.2 Å². The average molecular weight is 371 g/mol. The van der Waals surface area contributed by atoms with Gasteiger partial charge in [0.15, 0.2) is 5.16 Å². The molecule has 3 heterocycles. The Bertz CT molecular complexity index is 909. The van der Waals surface area contributed by atoms with Gasteiger partial charge in [0.2, 0.25) is 0 Å². The predicted octanol–water partition coefficient (Wildman–Crippen LogP) is 4.14. The number of pyridine rings is 1. The molecule has 3 aromatic heterocycles. The molecular formula is C17H17N5OS2. The number of nitrogens with zero attached hydrogens (tertiary/aromatic N) is 5. The highest BCUT2D eigenvalue weighted by molar-refractivity contribution is 7.98. The van der Waals surface area contributed by atoms with Crippen LogP contribution in [0.4, 0.5) is 0 Å². The summed E-state index contributed by atoms with van der Waals surface area (Å²) in [6.07, 6.45) is 5.48. The van der Waals surface area contributed by atoms with Crippen LogP contribution in [0.2, 0.25) is 0 Å². The molecule has 25 heavy (non-hydrogen) atoms. The molecule has 0 radical (unpaired) electrons. The number of rotatable bonds is 5. The van der Waals surface area contributed by atoms with Crippen LogP contribution in [-0.4, -0.2) is 31.9 Å². The van der Waals surface area contributed by atoms with Crippen molar-refractivity contribution in [2.75, 3.05) is 6.26 Å². The number of oxime groups is 1. The van der Waals surface area contributed by atoms with Gasteiger partial charge in [-0.15, -0.1) is 11.3 Å². The third kappa shape index (κ3) is 4.21. The van der Waals surface area contributed by atoms with Gasteiger partial charge >= 0.3 is 0 Å². The predicted molar refractivity (Wildman–Crippen MR) is 101 cm³/mol. The summed E-state index contributed by atoms with van der Waals surface area (Å²) in [4.78, 5) is 23.8. The van der Waals surface area contributed by atoms with Gasteiger partial charge in [-0.25, -0.2) is 9.97 Å². The number of hydrogen-bond donors (Lipinski definition) is 0. The first-order valence-corrected chi connectivity index (χ1v) is 9.60. The molecule has 3 rings (SSSR count). The second-order valence-electron chi connectivity index (χ2n) is 5.28. The maximum atomic E-state index is 5.51. The van der Waals surface area contributed by atoms with Gasteiger partial charge in [-0.3, -0.25) is 4.98 Å². The molecule has 0 saturated carbocycles. The lowest BCUT2D eigenvalue weighted by Gasteiger charge is -2.03. The van der Waals surface area contributed by atoms with Crippen molar-refractivity contribution in [3.63, 3.8) is 0 Å². The molecule has 0 fully saturated rings. The minimum atomic E-state index is 0.436. The number of aromatic nitrogens is 4. The van der Waals surface area contributed by atoms with Crippen LogP contribution in [0.5, 0.6) is 5.88 Å². The standard InChI is InChI=1S/C17H17N5OS2/c1-10-8-14(21-17(19-10)24-4)23-22-12(3)15-11(2)20-16(25-15)13-6-5-7-18-9-13/h5-9H,1-4H3. The van der Waals surface area contributed by atoms with Crippen LogP contribution < -0.4 is 4.84 Å². The first kappa shape index (κ1) is 17.5. The Hall–Kier alpha value is -2.32. The maximum Gasteiger partial charge on any atom is 0.252 e. The average Bonchev–Trinajstić information content (AvgIpc) is 3.02. The zero-order chi connectivity index (χ0) is 17.8. The van der Waals surface area contributed by atoms with Gasteiger partial charge in [-0.05, 0) is 39.2 Å². The fraction of sp³-hybridized carbons (Fsp3) is 0.235. The molecule has 0 aliphatic rings. The van der Waals surface area contributed by atoms with E-state index in [0.717, 1.165) is 32.5 Å².